The van der Waals surface area contributed by atoms with Gasteiger partial charge in [-0.05, 0) is 13.1 Å². The van der Waals surface area contributed by atoms with Crippen LogP contribution in [0.1, 0.15) is 6.92 Å². The molecule has 0 aromatic carbocycles. The van der Waals surface area contributed by atoms with Gasteiger partial charge in [-0.25, -0.2) is 8.78 Å². The van der Waals surface area contributed by atoms with Gasteiger partial charge >= 0.3 is 0 Å². The number of hydrogen-bond donors (Lipinski definition) is 0. The van der Waals surface area contributed by atoms with Gasteiger partial charge in [0.1, 0.15) is 19.6 Å². The van der Waals surface area contributed by atoms with Crippen molar-refractivity contribution in [2.24, 2.45) is 5.92 Å². The molecule has 0 heterocycles. The van der Waals surface area contributed by atoms with E-state index in [-0.39, 0.29) is 18.3 Å². The van der Waals surface area contributed by atoms with E-state index in [1.54, 1.807) is 14.0 Å². The standard InChI is InChI=1S/C14H23F2NO3/c1-12(11-18)4-5-14(13(16)10-15)20-9-7-17(2)6-8-19-3/h4-5,11-12H,6-10H2,1-3H3/b5-4-,14-13-. The Morgan fingerprint density at radius 3 is 2.55 bits per heavy atom. The van der Waals surface area contributed by atoms with E-state index in [4.69, 9.17) is 9.47 Å². The molecule has 0 fully saturated rings. The van der Waals surface area contributed by atoms with Gasteiger partial charge in [0.05, 0.1) is 6.61 Å². The smallest absolute Gasteiger partial charge is 0.173 e. The van der Waals surface area contributed by atoms with Crippen molar-refractivity contribution in [2.75, 3.05) is 47.1 Å². The molecule has 6 heteroatoms. The molecule has 0 saturated heterocycles. The third-order valence-electron chi connectivity index (χ3n) is 2.56. The molecule has 0 bridgehead atoms. The predicted molar refractivity (Wildman–Crippen MR) is 73.8 cm³/mol. The fourth-order valence-electron chi connectivity index (χ4n) is 1.24. The maximum Gasteiger partial charge on any atom is 0.173 e. The van der Waals surface area contributed by atoms with Gasteiger partial charge in [-0.3, -0.25) is 0 Å². The predicted octanol–water partition coefficient (Wildman–Crippen LogP) is 2.12. The Bertz CT molecular complexity index is 332. The normalized spacial score (nSPS) is 14.5. The van der Waals surface area contributed by atoms with Crippen molar-refractivity contribution in [3.8, 4) is 0 Å². The van der Waals surface area contributed by atoms with E-state index in [1.807, 2.05) is 11.9 Å². The zero-order valence-corrected chi connectivity index (χ0v) is 12.3. The Morgan fingerprint density at radius 2 is 2.00 bits per heavy atom. The molecule has 4 nitrogen and oxygen atoms in total. The van der Waals surface area contributed by atoms with Gasteiger partial charge in [0.25, 0.3) is 0 Å². The number of likely N-dealkylation sites (N-methyl/N-ethyl adjacent to an activating group) is 1. The first-order valence-electron chi connectivity index (χ1n) is 6.43. The number of carbonyl (C=O) groups is 1. The number of ether oxygens (including phenoxy) is 2. The fraction of sp³-hybridized carbons (Fsp3) is 0.643. The molecule has 0 aromatic rings. The number of carbonyl (C=O) groups excluding carboxylic acids is 1. The van der Waals surface area contributed by atoms with Gasteiger partial charge in [-0.15, -0.1) is 0 Å². The molecule has 0 rings (SSSR count). The van der Waals surface area contributed by atoms with Crippen LogP contribution < -0.4 is 0 Å². The van der Waals surface area contributed by atoms with Crippen LogP contribution in [0.5, 0.6) is 0 Å². The molecule has 20 heavy (non-hydrogen) atoms. The van der Waals surface area contributed by atoms with Crippen LogP contribution in [0.2, 0.25) is 0 Å². The number of aldehydes is 1. The Kier molecular flexibility index (Phi) is 10.8. The average Bonchev–Trinajstić information content (AvgIpc) is 2.47. The van der Waals surface area contributed by atoms with Crippen molar-refractivity contribution >= 4 is 6.29 Å². The van der Waals surface area contributed by atoms with Crippen LogP contribution >= 0.6 is 0 Å². The Labute approximate surface area is 119 Å². The number of halogens is 2. The minimum Gasteiger partial charge on any atom is -0.489 e. The van der Waals surface area contributed by atoms with Gasteiger partial charge < -0.3 is 19.2 Å². The number of hydrogen-bond acceptors (Lipinski definition) is 4. The number of allylic oxidation sites excluding steroid dienone is 3. The SMILES string of the molecule is COCCN(C)CCOC(/C=C\C(C)C=O)=C(\F)CF. The van der Waals surface area contributed by atoms with Crippen molar-refractivity contribution in [1.29, 1.82) is 0 Å². The lowest BCUT2D eigenvalue weighted by atomic mass is 10.2. The average molecular weight is 291 g/mol. The second kappa shape index (κ2) is 11.5. The van der Waals surface area contributed by atoms with Crippen LogP contribution in [0.15, 0.2) is 23.7 Å². The second-order valence-electron chi connectivity index (χ2n) is 4.40. The molecule has 0 aliphatic heterocycles. The van der Waals surface area contributed by atoms with E-state index in [2.05, 4.69) is 0 Å². The van der Waals surface area contributed by atoms with Crippen LogP contribution in [-0.4, -0.2) is 58.3 Å². The van der Waals surface area contributed by atoms with Crippen molar-refractivity contribution in [1.82, 2.24) is 4.90 Å². The minimum absolute atomic E-state index is 0.165. The van der Waals surface area contributed by atoms with Gasteiger partial charge in [0.2, 0.25) is 0 Å². The van der Waals surface area contributed by atoms with E-state index < -0.39 is 12.5 Å². The zero-order chi connectivity index (χ0) is 15.4. The van der Waals surface area contributed by atoms with E-state index in [9.17, 15) is 13.6 Å². The van der Waals surface area contributed by atoms with E-state index in [0.717, 1.165) is 6.54 Å². The Hall–Kier alpha value is -1.27. The maximum absolute atomic E-state index is 13.3. The molecule has 0 aliphatic carbocycles. The molecule has 1 unspecified atom stereocenters. The maximum atomic E-state index is 13.3. The summed E-state index contributed by atoms with van der Waals surface area (Å²) in [6.45, 7) is 2.52. The highest BCUT2D eigenvalue weighted by atomic mass is 19.2. The Balaban J connectivity index is 4.33. The van der Waals surface area contributed by atoms with E-state index in [1.165, 1.54) is 12.2 Å². The Morgan fingerprint density at radius 1 is 1.35 bits per heavy atom. The van der Waals surface area contributed by atoms with Gasteiger partial charge in [-0.2, -0.15) is 0 Å². The third-order valence-corrected chi connectivity index (χ3v) is 2.56. The van der Waals surface area contributed by atoms with Crippen molar-refractivity contribution in [2.45, 2.75) is 6.92 Å². The molecule has 0 aliphatic rings. The third kappa shape index (κ3) is 8.77. The van der Waals surface area contributed by atoms with Crippen molar-refractivity contribution < 1.29 is 23.0 Å². The molecular formula is C14H23F2NO3. The molecule has 0 spiro atoms. The summed E-state index contributed by atoms with van der Waals surface area (Å²) in [6, 6.07) is 0. The fourth-order valence-corrected chi connectivity index (χ4v) is 1.24. The monoisotopic (exact) mass is 291 g/mol. The van der Waals surface area contributed by atoms with Crippen LogP contribution in [0, 0.1) is 5.92 Å². The summed E-state index contributed by atoms with van der Waals surface area (Å²) in [5.41, 5.74) is 0. The summed E-state index contributed by atoms with van der Waals surface area (Å²) < 4.78 is 35.8. The first-order chi connectivity index (χ1) is 9.54. The molecule has 0 saturated carbocycles. The molecule has 0 N–H and O–H groups in total. The summed E-state index contributed by atoms with van der Waals surface area (Å²) in [6.07, 6.45) is 3.47. The lowest BCUT2D eigenvalue weighted by molar-refractivity contribution is -0.109. The molecular weight excluding hydrogens is 268 g/mol. The number of methoxy groups -OCH3 is 1. The van der Waals surface area contributed by atoms with Crippen LogP contribution in [0.4, 0.5) is 8.78 Å². The summed E-state index contributed by atoms with van der Waals surface area (Å²) in [4.78, 5) is 12.4. The highest BCUT2D eigenvalue weighted by molar-refractivity contribution is 5.56. The minimum atomic E-state index is -1.23. The summed E-state index contributed by atoms with van der Waals surface area (Å²) >= 11 is 0. The molecule has 1 atom stereocenters. The largest absolute Gasteiger partial charge is 0.489 e. The molecule has 0 amide bonds. The van der Waals surface area contributed by atoms with Gasteiger partial charge in [-0.1, -0.05) is 13.0 Å². The highest BCUT2D eigenvalue weighted by Gasteiger charge is 2.06. The van der Waals surface area contributed by atoms with Crippen molar-refractivity contribution in [3.63, 3.8) is 0 Å². The lowest BCUT2D eigenvalue weighted by Crippen LogP contribution is -2.26. The van der Waals surface area contributed by atoms with Gasteiger partial charge in [0, 0.05) is 26.1 Å². The quantitative estimate of drug-likeness (QED) is 0.332. The zero-order valence-electron chi connectivity index (χ0n) is 12.3. The molecule has 116 valence electrons. The second-order valence-corrected chi connectivity index (χ2v) is 4.40. The van der Waals surface area contributed by atoms with Crippen molar-refractivity contribution in [3.05, 3.63) is 23.7 Å². The van der Waals surface area contributed by atoms with Gasteiger partial charge in [0.15, 0.2) is 11.6 Å². The van der Waals surface area contributed by atoms with E-state index >= 15 is 0 Å². The summed E-state index contributed by atoms with van der Waals surface area (Å²) in [7, 11) is 3.49. The van der Waals surface area contributed by atoms with E-state index in [0.29, 0.717) is 19.4 Å². The number of rotatable bonds is 11. The topological polar surface area (TPSA) is 38.8 Å². The van der Waals surface area contributed by atoms with Crippen LogP contribution in [0.3, 0.4) is 0 Å². The molecule has 0 radical (unpaired) electrons. The summed E-state index contributed by atoms with van der Waals surface area (Å²) in [5, 5.41) is 0. The lowest BCUT2D eigenvalue weighted by Gasteiger charge is -2.16. The first kappa shape index (κ1) is 18.7. The van der Waals surface area contributed by atoms with Crippen LogP contribution in [-0.2, 0) is 14.3 Å². The first-order valence-corrected chi connectivity index (χ1v) is 6.43. The number of nitrogens with zero attached hydrogens (tertiary/aromatic N) is 1. The highest BCUT2D eigenvalue weighted by Crippen LogP contribution is 2.12. The van der Waals surface area contributed by atoms with Crippen LogP contribution in [0.25, 0.3) is 0 Å². The number of alkyl halides is 1. The molecule has 0 aromatic heterocycles. The summed E-state index contributed by atoms with van der Waals surface area (Å²) in [5.74, 6) is -1.51.